The second-order valence-electron chi connectivity index (χ2n) is 9.34. The maximum absolute atomic E-state index is 13.2. The highest BCUT2D eigenvalue weighted by atomic mass is 32.2. The van der Waals surface area contributed by atoms with Crippen molar-refractivity contribution < 1.29 is 27.4 Å². The lowest BCUT2D eigenvalue weighted by molar-refractivity contribution is -0.124. The van der Waals surface area contributed by atoms with Gasteiger partial charge in [0, 0.05) is 58.8 Å². The molecule has 0 aliphatic carbocycles. The number of nitrogens with one attached hydrogen (secondary N) is 2. The van der Waals surface area contributed by atoms with Crippen LogP contribution < -0.4 is 10.0 Å². The van der Waals surface area contributed by atoms with Gasteiger partial charge in [0.15, 0.2) is 0 Å². The maximum atomic E-state index is 13.2. The molecular formula is C24H35N3O6S. The van der Waals surface area contributed by atoms with Crippen molar-refractivity contribution in [3.8, 4) is 6.07 Å². The number of rotatable bonds is 9. The number of nitriles is 1. The fraction of sp³-hybridized carbons (Fsp3) is 0.708. The molecule has 3 aliphatic rings. The van der Waals surface area contributed by atoms with Gasteiger partial charge >= 0.3 is 0 Å². The average molecular weight is 494 g/mol. The van der Waals surface area contributed by atoms with E-state index in [1.54, 1.807) is 12.1 Å². The second-order valence-corrected chi connectivity index (χ2v) is 11.1. The summed E-state index contributed by atoms with van der Waals surface area (Å²) in [4.78, 5) is -0.0350. The summed E-state index contributed by atoms with van der Waals surface area (Å²) < 4.78 is 52.3. The Morgan fingerprint density at radius 3 is 2.68 bits per heavy atom. The van der Waals surface area contributed by atoms with Crippen LogP contribution in [-0.4, -0.2) is 71.8 Å². The quantitative estimate of drug-likeness (QED) is 0.539. The fourth-order valence-corrected chi connectivity index (χ4v) is 6.36. The van der Waals surface area contributed by atoms with E-state index < -0.39 is 15.6 Å². The van der Waals surface area contributed by atoms with Crippen molar-refractivity contribution in [2.45, 2.75) is 67.7 Å². The molecule has 9 nitrogen and oxygen atoms in total. The van der Waals surface area contributed by atoms with Gasteiger partial charge in [-0.3, -0.25) is 0 Å². The Morgan fingerprint density at radius 1 is 1.18 bits per heavy atom. The van der Waals surface area contributed by atoms with Gasteiger partial charge in [0.1, 0.15) is 11.0 Å². The van der Waals surface area contributed by atoms with Gasteiger partial charge in [0.2, 0.25) is 10.0 Å². The zero-order valence-electron chi connectivity index (χ0n) is 19.8. The first kappa shape index (κ1) is 25.4. The highest BCUT2D eigenvalue weighted by Gasteiger charge is 2.41. The summed E-state index contributed by atoms with van der Waals surface area (Å²) in [7, 11) is -3.90. The van der Waals surface area contributed by atoms with Gasteiger partial charge in [0.05, 0.1) is 35.2 Å². The van der Waals surface area contributed by atoms with Crippen LogP contribution in [0, 0.1) is 11.3 Å². The van der Waals surface area contributed by atoms with E-state index in [0.29, 0.717) is 45.3 Å². The van der Waals surface area contributed by atoms with Crippen LogP contribution in [0.25, 0.3) is 0 Å². The molecule has 10 heteroatoms. The topological polar surface area (TPSA) is 119 Å². The Morgan fingerprint density at radius 2 is 1.97 bits per heavy atom. The molecule has 0 saturated carbocycles. The number of sulfonamides is 1. The number of benzene rings is 1. The molecule has 3 aliphatic heterocycles. The molecule has 1 aromatic rings. The van der Waals surface area contributed by atoms with E-state index in [4.69, 9.17) is 18.9 Å². The Balaban J connectivity index is 1.44. The molecule has 1 aromatic carbocycles. The van der Waals surface area contributed by atoms with Gasteiger partial charge in [-0.1, -0.05) is 6.07 Å². The molecule has 0 radical (unpaired) electrons. The second kappa shape index (κ2) is 10.9. The van der Waals surface area contributed by atoms with Crippen LogP contribution in [0.5, 0.6) is 0 Å². The van der Waals surface area contributed by atoms with Crippen molar-refractivity contribution in [3.05, 3.63) is 23.8 Å². The summed E-state index contributed by atoms with van der Waals surface area (Å²) >= 11 is 0. The van der Waals surface area contributed by atoms with Crippen LogP contribution in [0.2, 0.25) is 0 Å². The SMILES string of the molecule is CCOC1(CNc2cccc(S(=O)(=O)NCC3CCCC4(CCOC4)O3)c2C#N)CCOCC1. The molecule has 34 heavy (non-hydrogen) atoms. The Kier molecular flexibility index (Phi) is 8.12. The first-order chi connectivity index (χ1) is 16.4. The number of nitrogens with zero attached hydrogens (tertiary/aromatic N) is 1. The maximum Gasteiger partial charge on any atom is 0.242 e. The number of ether oxygens (including phenoxy) is 4. The molecule has 3 heterocycles. The zero-order valence-corrected chi connectivity index (χ0v) is 20.6. The summed E-state index contributed by atoms with van der Waals surface area (Å²) in [6, 6.07) is 6.93. The van der Waals surface area contributed by atoms with Crippen molar-refractivity contribution in [1.29, 1.82) is 5.26 Å². The molecule has 2 N–H and O–H groups in total. The molecular weight excluding hydrogens is 458 g/mol. The van der Waals surface area contributed by atoms with Crippen LogP contribution in [0.1, 0.15) is 51.0 Å². The predicted octanol–water partition coefficient (Wildman–Crippen LogP) is 2.56. The van der Waals surface area contributed by atoms with Crippen LogP contribution in [0.15, 0.2) is 23.1 Å². The summed E-state index contributed by atoms with van der Waals surface area (Å²) in [5.41, 5.74) is -0.104. The molecule has 2 atom stereocenters. The minimum Gasteiger partial charge on any atom is -0.381 e. The third-order valence-electron chi connectivity index (χ3n) is 7.03. The van der Waals surface area contributed by atoms with Crippen molar-refractivity contribution in [1.82, 2.24) is 4.72 Å². The number of anilines is 1. The van der Waals surface area contributed by atoms with E-state index >= 15 is 0 Å². The van der Waals surface area contributed by atoms with Gasteiger partial charge in [-0.15, -0.1) is 0 Å². The first-order valence-corrected chi connectivity index (χ1v) is 13.6. The van der Waals surface area contributed by atoms with E-state index in [9.17, 15) is 13.7 Å². The lowest BCUT2D eigenvalue weighted by atomic mass is 9.91. The average Bonchev–Trinajstić information content (AvgIpc) is 3.29. The van der Waals surface area contributed by atoms with E-state index in [-0.39, 0.29) is 28.7 Å². The third-order valence-corrected chi connectivity index (χ3v) is 8.49. The van der Waals surface area contributed by atoms with Crippen molar-refractivity contribution >= 4 is 15.7 Å². The Labute approximate surface area is 202 Å². The van der Waals surface area contributed by atoms with Crippen LogP contribution in [0.4, 0.5) is 5.69 Å². The zero-order chi connectivity index (χ0) is 24.1. The fourth-order valence-electron chi connectivity index (χ4n) is 5.12. The van der Waals surface area contributed by atoms with Gasteiger partial charge in [-0.05, 0) is 38.3 Å². The molecule has 188 valence electrons. The van der Waals surface area contributed by atoms with Gasteiger partial charge in [0.25, 0.3) is 0 Å². The Hall–Kier alpha value is -1.74. The van der Waals surface area contributed by atoms with E-state index in [2.05, 4.69) is 16.1 Å². The highest BCUT2D eigenvalue weighted by molar-refractivity contribution is 7.89. The molecule has 3 fully saturated rings. The normalized spacial score (nSPS) is 26.9. The standard InChI is InChI=1S/C24H35N3O6S/c1-2-32-23(9-12-30-13-10-23)17-26-21-6-3-7-22(20(21)15-25)34(28,29)27-16-19-5-4-8-24(33-19)11-14-31-18-24/h3,6-7,19,26-27H,2,4-5,8-14,16-18H2,1H3. The van der Waals surface area contributed by atoms with Crippen LogP contribution in [0.3, 0.4) is 0 Å². The van der Waals surface area contributed by atoms with E-state index in [0.717, 1.165) is 38.5 Å². The lowest BCUT2D eigenvalue weighted by Gasteiger charge is -2.37. The summed E-state index contributed by atoms with van der Waals surface area (Å²) in [5, 5.41) is 13.1. The van der Waals surface area contributed by atoms with E-state index in [1.807, 2.05) is 6.92 Å². The van der Waals surface area contributed by atoms with Gasteiger partial charge < -0.3 is 24.3 Å². The first-order valence-electron chi connectivity index (χ1n) is 12.1. The van der Waals surface area contributed by atoms with Crippen LogP contribution in [-0.2, 0) is 29.0 Å². The highest BCUT2D eigenvalue weighted by Crippen LogP contribution is 2.35. The summed E-state index contributed by atoms with van der Waals surface area (Å²) in [6.07, 6.45) is 4.82. The van der Waals surface area contributed by atoms with E-state index in [1.165, 1.54) is 6.07 Å². The monoisotopic (exact) mass is 493 g/mol. The third kappa shape index (κ3) is 5.73. The molecule has 3 saturated heterocycles. The molecule has 2 unspecified atom stereocenters. The van der Waals surface area contributed by atoms with Crippen molar-refractivity contribution in [3.63, 3.8) is 0 Å². The molecule has 0 bridgehead atoms. The lowest BCUT2D eigenvalue weighted by Crippen LogP contribution is -2.45. The Bertz CT molecular complexity index is 975. The van der Waals surface area contributed by atoms with Crippen LogP contribution >= 0.6 is 0 Å². The van der Waals surface area contributed by atoms with Gasteiger partial charge in [-0.2, -0.15) is 5.26 Å². The predicted molar refractivity (Wildman–Crippen MR) is 126 cm³/mol. The summed E-state index contributed by atoms with van der Waals surface area (Å²) in [6.45, 7) is 5.63. The van der Waals surface area contributed by atoms with Gasteiger partial charge in [-0.25, -0.2) is 13.1 Å². The molecule has 1 spiro atoms. The van der Waals surface area contributed by atoms with Crippen molar-refractivity contribution in [2.24, 2.45) is 0 Å². The minimum absolute atomic E-state index is 0.0350. The molecule has 0 aromatic heterocycles. The molecule has 0 amide bonds. The minimum atomic E-state index is -3.90. The summed E-state index contributed by atoms with van der Waals surface area (Å²) in [5.74, 6) is 0. The number of hydrogen-bond acceptors (Lipinski definition) is 8. The smallest absolute Gasteiger partial charge is 0.242 e. The molecule has 4 rings (SSSR count). The number of hydrogen-bond donors (Lipinski definition) is 2. The van der Waals surface area contributed by atoms with Crippen molar-refractivity contribution in [2.75, 3.05) is 51.4 Å². The largest absolute Gasteiger partial charge is 0.381 e.